The quantitative estimate of drug-likeness (QED) is 0.696. The van der Waals surface area contributed by atoms with Crippen LogP contribution in [-0.2, 0) is 11.5 Å². The van der Waals surface area contributed by atoms with Crippen LogP contribution in [0.2, 0.25) is 0 Å². The van der Waals surface area contributed by atoms with Gasteiger partial charge >= 0.3 is 11.3 Å². The van der Waals surface area contributed by atoms with Gasteiger partial charge in [0.15, 0.2) is 17.8 Å². The molecule has 86 valence electrons. The Labute approximate surface area is 87.4 Å². The molecule has 8 nitrogen and oxygen atoms in total. The van der Waals surface area contributed by atoms with E-state index >= 15 is 0 Å². The molecule has 2 aromatic heterocycles. The SMILES string of the molecule is CCOCn1oc(=O)c2c(=O)[nH]c(=O)[nH]c21. The molecular weight excluding hydrogens is 218 g/mol. The molecule has 2 rings (SSSR count). The lowest BCUT2D eigenvalue weighted by molar-refractivity contribution is 0.0337. The van der Waals surface area contributed by atoms with Crippen LogP contribution >= 0.6 is 0 Å². The van der Waals surface area contributed by atoms with Crippen molar-refractivity contribution >= 4 is 11.0 Å². The standard InChI is InChI=1S/C8H9N3O5/c1-2-15-3-11-5-4(7(13)16-11)6(12)10-8(14)9-5/h2-3H2,1H3,(H2,9,10,12,14). The zero-order valence-corrected chi connectivity index (χ0v) is 8.40. The van der Waals surface area contributed by atoms with Crippen molar-refractivity contribution in [2.45, 2.75) is 13.7 Å². The molecule has 2 N–H and O–H groups in total. The van der Waals surface area contributed by atoms with E-state index in [1.807, 2.05) is 4.98 Å². The lowest BCUT2D eigenvalue weighted by Crippen LogP contribution is -2.24. The summed E-state index contributed by atoms with van der Waals surface area (Å²) >= 11 is 0. The van der Waals surface area contributed by atoms with Crippen molar-refractivity contribution in [2.24, 2.45) is 0 Å². The average Bonchev–Trinajstić information content (AvgIpc) is 2.52. The number of hydrogen-bond acceptors (Lipinski definition) is 5. The lowest BCUT2D eigenvalue weighted by Gasteiger charge is -2.00. The van der Waals surface area contributed by atoms with Crippen LogP contribution in [0.1, 0.15) is 6.92 Å². The molecule has 0 spiro atoms. The summed E-state index contributed by atoms with van der Waals surface area (Å²) in [5.74, 6) is 0. The Morgan fingerprint density at radius 1 is 1.31 bits per heavy atom. The maximum Gasteiger partial charge on any atom is 0.372 e. The van der Waals surface area contributed by atoms with E-state index in [1.165, 1.54) is 0 Å². The molecule has 0 aliphatic carbocycles. The second-order valence-electron chi connectivity index (χ2n) is 3.01. The van der Waals surface area contributed by atoms with Crippen LogP contribution in [-0.4, -0.2) is 21.3 Å². The van der Waals surface area contributed by atoms with E-state index in [-0.39, 0.29) is 17.8 Å². The zero-order valence-electron chi connectivity index (χ0n) is 8.40. The molecule has 0 saturated carbocycles. The third-order valence-electron chi connectivity index (χ3n) is 1.98. The largest absolute Gasteiger partial charge is 0.372 e. The van der Waals surface area contributed by atoms with Crippen molar-refractivity contribution < 1.29 is 9.26 Å². The fourth-order valence-electron chi connectivity index (χ4n) is 1.31. The average molecular weight is 227 g/mol. The van der Waals surface area contributed by atoms with Gasteiger partial charge in [-0.25, -0.2) is 9.59 Å². The maximum atomic E-state index is 11.3. The molecule has 0 saturated heterocycles. The van der Waals surface area contributed by atoms with E-state index in [2.05, 4.69) is 4.98 Å². The number of nitrogens with one attached hydrogen (secondary N) is 2. The van der Waals surface area contributed by atoms with Crippen LogP contribution in [0, 0.1) is 0 Å². The highest BCUT2D eigenvalue weighted by atomic mass is 16.6. The molecule has 0 aliphatic rings. The molecule has 2 aromatic rings. The number of rotatable bonds is 3. The number of fused-ring (bicyclic) bond motifs is 1. The van der Waals surface area contributed by atoms with Gasteiger partial charge in [-0.1, -0.05) is 0 Å². The molecule has 0 unspecified atom stereocenters. The van der Waals surface area contributed by atoms with E-state index in [0.717, 1.165) is 4.74 Å². The van der Waals surface area contributed by atoms with Crippen LogP contribution in [0.4, 0.5) is 0 Å². The normalized spacial score (nSPS) is 11.1. The highest BCUT2D eigenvalue weighted by molar-refractivity contribution is 5.71. The molecule has 0 aliphatic heterocycles. The first-order valence-corrected chi connectivity index (χ1v) is 4.57. The third-order valence-corrected chi connectivity index (χ3v) is 1.98. The minimum Gasteiger partial charge on any atom is -0.358 e. The van der Waals surface area contributed by atoms with Gasteiger partial charge in [0, 0.05) is 6.61 Å². The van der Waals surface area contributed by atoms with E-state index in [1.54, 1.807) is 6.92 Å². The van der Waals surface area contributed by atoms with Crippen LogP contribution in [0.15, 0.2) is 18.9 Å². The molecule has 0 aromatic carbocycles. The fraction of sp³-hybridized carbons (Fsp3) is 0.375. The molecule has 0 radical (unpaired) electrons. The number of nitrogens with zero attached hydrogens (tertiary/aromatic N) is 1. The van der Waals surface area contributed by atoms with Crippen molar-refractivity contribution in [1.29, 1.82) is 0 Å². The molecule has 8 heteroatoms. The van der Waals surface area contributed by atoms with E-state index < -0.39 is 16.9 Å². The summed E-state index contributed by atoms with van der Waals surface area (Å²) in [6, 6.07) is 0. The van der Waals surface area contributed by atoms with Gasteiger partial charge in [-0.15, -0.1) is 0 Å². The molecule has 0 bridgehead atoms. The van der Waals surface area contributed by atoms with Crippen molar-refractivity contribution in [3.8, 4) is 0 Å². The topological polar surface area (TPSA) is 110 Å². The Balaban J connectivity index is 2.73. The second kappa shape index (κ2) is 3.81. The first-order chi connectivity index (χ1) is 7.63. The third kappa shape index (κ3) is 1.58. The summed E-state index contributed by atoms with van der Waals surface area (Å²) in [4.78, 5) is 37.9. The van der Waals surface area contributed by atoms with Gasteiger partial charge in [0.1, 0.15) is 0 Å². The summed E-state index contributed by atoms with van der Waals surface area (Å²) in [5, 5.41) is -0.223. The van der Waals surface area contributed by atoms with Crippen LogP contribution in [0.3, 0.4) is 0 Å². The molecule has 0 amide bonds. The Kier molecular flexibility index (Phi) is 2.49. The van der Waals surface area contributed by atoms with E-state index in [0.29, 0.717) is 6.61 Å². The molecular formula is C8H9N3O5. The number of ether oxygens (including phenoxy) is 1. The Hall–Kier alpha value is -2.09. The zero-order chi connectivity index (χ0) is 11.7. The van der Waals surface area contributed by atoms with Crippen LogP contribution in [0.25, 0.3) is 11.0 Å². The van der Waals surface area contributed by atoms with Crippen molar-refractivity contribution in [1.82, 2.24) is 14.7 Å². The minimum absolute atomic E-state index is 0.0206. The van der Waals surface area contributed by atoms with Gasteiger partial charge in [-0.2, -0.15) is 4.74 Å². The molecule has 16 heavy (non-hydrogen) atoms. The Bertz CT molecular complexity index is 673. The van der Waals surface area contributed by atoms with Crippen molar-refractivity contribution in [3.05, 3.63) is 31.3 Å². The summed E-state index contributed by atoms with van der Waals surface area (Å²) in [7, 11) is 0. The smallest absolute Gasteiger partial charge is 0.358 e. The summed E-state index contributed by atoms with van der Waals surface area (Å²) in [6.45, 7) is 2.13. The van der Waals surface area contributed by atoms with Gasteiger partial charge in [-0.05, 0) is 6.92 Å². The van der Waals surface area contributed by atoms with Crippen molar-refractivity contribution in [3.63, 3.8) is 0 Å². The first-order valence-electron chi connectivity index (χ1n) is 4.57. The summed E-state index contributed by atoms with van der Waals surface area (Å²) < 4.78 is 10.8. The number of H-pyrrole nitrogens is 2. The van der Waals surface area contributed by atoms with Gasteiger partial charge in [-0.3, -0.25) is 14.8 Å². The van der Waals surface area contributed by atoms with E-state index in [4.69, 9.17) is 9.26 Å². The summed E-state index contributed by atoms with van der Waals surface area (Å²) in [5.41, 5.74) is -2.27. The minimum atomic E-state index is -0.813. The fourth-order valence-corrected chi connectivity index (χ4v) is 1.31. The van der Waals surface area contributed by atoms with E-state index in [9.17, 15) is 14.4 Å². The van der Waals surface area contributed by atoms with Gasteiger partial charge in [0.25, 0.3) is 5.56 Å². The highest BCUT2D eigenvalue weighted by Crippen LogP contribution is 2.00. The monoisotopic (exact) mass is 227 g/mol. The van der Waals surface area contributed by atoms with Crippen molar-refractivity contribution in [2.75, 3.05) is 6.61 Å². The van der Waals surface area contributed by atoms with Gasteiger partial charge in [0.2, 0.25) is 0 Å². The van der Waals surface area contributed by atoms with Gasteiger partial charge < -0.3 is 9.26 Å². The predicted octanol–water partition coefficient (Wildman–Crippen LogP) is -1.03. The van der Waals surface area contributed by atoms with Crippen LogP contribution < -0.4 is 16.9 Å². The number of aromatic nitrogens is 3. The summed E-state index contributed by atoms with van der Waals surface area (Å²) in [6.07, 6.45) is 0. The number of aromatic amines is 2. The van der Waals surface area contributed by atoms with Crippen LogP contribution in [0.5, 0.6) is 0 Å². The molecule has 2 heterocycles. The predicted molar refractivity (Wildman–Crippen MR) is 53.3 cm³/mol. The molecule has 0 fully saturated rings. The number of hydrogen-bond donors (Lipinski definition) is 2. The Morgan fingerprint density at radius 2 is 2.06 bits per heavy atom. The first kappa shape index (κ1) is 10.4. The Morgan fingerprint density at radius 3 is 2.75 bits per heavy atom. The van der Waals surface area contributed by atoms with Gasteiger partial charge in [0.05, 0.1) is 0 Å². The second-order valence-corrected chi connectivity index (χ2v) is 3.01. The molecule has 0 atom stereocenters. The lowest BCUT2D eigenvalue weighted by atomic mass is 10.4. The maximum absolute atomic E-state index is 11.3. The highest BCUT2D eigenvalue weighted by Gasteiger charge is 2.13.